The molecule has 6 nitrogen and oxygen atoms in total. The number of rotatable bonds is 3. The van der Waals surface area contributed by atoms with Crippen molar-refractivity contribution in [3.63, 3.8) is 0 Å². The number of ether oxygens (including phenoxy) is 2. The van der Waals surface area contributed by atoms with Gasteiger partial charge in [-0.3, -0.25) is 0 Å². The topological polar surface area (TPSA) is 54.9 Å². The first-order valence-electron chi connectivity index (χ1n) is 8.84. The standard InChI is InChI=1S/C17H25N3O3S/c1-13-18-14(11-24-13)9-22-15-8-17(23-10-15)4-7-20(12-17)16(21)19-5-2-3-6-19/h11,15H,2-10,12H2,1H3/t15-,17-/m1/s1. The van der Waals surface area contributed by atoms with Crippen molar-refractivity contribution >= 4 is 17.4 Å². The molecule has 132 valence electrons. The van der Waals surface area contributed by atoms with Gasteiger partial charge in [-0.1, -0.05) is 0 Å². The predicted molar refractivity (Wildman–Crippen MR) is 91.1 cm³/mol. The van der Waals surface area contributed by atoms with E-state index in [0.717, 1.165) is 56.0 Å². The second-order valence-electron chi connectivity index (χ2n) is 7.14. The van der Waals surface area contributed by atoms with E-state index in [1.54, 1.807) is 11.3 Å². The first-order valence-corrected chi connectivity index (χ1v) is 9.72. The van der Waals surface area contributed by atoms with Gasteiger partial charge in [0.2, 0.25) is 0 Å². The van der Waals surface area contributed by atoms with E-state index >= 15 is 0 Å². The highest BCUT2D eigenvalue weighted by Gasteiger charge is 2.47. The summed E-state index contributed by atoms with van der Waals surface area (Å²) < 4.78 is 12.1. The molecule has 3 fully saturated rings. The van der Waals surface area contributed by atoms with Crippen molar-refractivity contribution in [2.75, 3.05) is 32.8 Å². The van der Waals surface area contributed by atoms with Gasteiger partial charge in [-0.25, -0.2) is 9.78 Å². The molecule has 3 aliphatic heterocycles. The first-order chi connectivity index (χ1) is 11.6. The summed E-state index contributed by atoms with van der Waals surface area (Å²) in [6.07, 6.45) is 4.16. The van der Waals surface area contributed by atoms with Crippen LogP contribution in [0.2, 0.25) is 0 Å². The smallest absolute Gasteiger partial charge is 0.320 e. The Morgan fingerprint density at radius 3 is 3.00 bits per heavy atom. The normalized spacial score (nSPS) is 30.0. The molecule has 2 amide bonds. The monoisotopic (exact) mass is 351 g/mol. The number of thiazole rings is 1. The Kier molecular flexibility index (Phi) is 4.49. The van der Waals surface area contributed by atoms with Crippen LogP contribution in [0, 0.1) is 6.92 Å². The van der Waals surface area contributed by atoms with Crippen LogP contribution in [0.1, 0.15) is 36.4 Å². The fourth-order valence-electron chi connectivity index (χ4n) is 3.99. The van der Waals surface area contributed by atoms with Gasteiger partial charge in [-0.2, -0.15) is 0 Å². The van der Waals surface area contributed by atoms with Crippen molar-refractivity contribution in [3.8, 4) is 0 Å². The Hall–Kier alpha value is -1.18. The minimum atomic E-state index is -0.196. The van der Waals surface area contributed by atoms with Crippen molar-refractivity contribution in [1.29, 1.82) is 0 Å². The molecule has 1 spiro atoms. The summed E-state index contributed by atoms with van der Waals surface area (Å²) in [5.74, 6) is 0. The number of carbonyl (C=O) groups excluding carboxylic acids is 1. The van der Waals surface area contributed by atoms with E-state index in [9.17, 15) is 4.79 Å². The van der Waals surface area contributed by atoms with Gasteiger partial charge >= 0.3 is 6.03 Å². The molecule has 0 aliphatic carbocycles. The number of urea groups is 1. The van der Waals surface area contributed by atoms with Crippen LogP contribution in [0.15, 0.2) is 5.38 Å². The first kappa shape index (κ1) is 16.3. The Morgan fingerprint density at radius 1 is 1.42 bits per heavy atom. The molecule has 0 aromatic carbocycles. The average molecular weight is 351 g/mol. The number of hydrogen-bond donors (Lipinski definition) is 0. The van der Waals surface area contributed by atoms with E-state index in [1.807, 2.05) is 22.1 Å². The quantitative estimate of drug-likeness (QED) is 0.839. The number of carbonyl (C=O) groups is 1. The van der Waals surface area contributed by atoms with Gasteiger partial charge in [0.15, 0.2) is 0 Å². The molecule has 3 saturated heterocycles. The van der Waals surface area contributed by atoms with Crippen molar-refractivity contribution in [3.05, 3.63) is 16.1 Å². The Balaban J connectivity index is 1.28. The molecular formula is C17H25N3O3S. The van der Waals surface area contributed by atoms with Crippen molar-refractivity contribution in [2.45, 2.75) is 50.9 Å². The van der Waals surface area contributed by atoms with E-state index in [-0.39, 0.29) is 17.7 Å². The van der Waals surface area contributed by atoms with Gasteiger partial charge in [-0.05, 0) is 26.2 Å². The van der Waals surface area contributed by atoms with Crippen LogP contribution >= 0.6 is 11.3 Å². The van der Waals surface area contributed by atoms with Crippen LogP contribution in [0.4, 0.5) is 4.79 Å². The molecule has 0 saturated carbocycles. The molecule has 0 unspecified atom stereocenters. The third kappa shape index (κ3) is 3.30. The van der Waals surface area contributed by atoms with Gasteiger partial charge in [-0.15, -0.1) is 11.3 Å². The van der Waals surface area contributed by atoms with E-state index in [1.165, 1.54) is 0 Å². The van der Waals surface area contributed by atoms with Crippen LogP contribution in [0.3, 0.4) is 0 Å². The number of amides is 2. The maximum atomic E-state index is 12.5. The maximum absolute atomic E-state index is 12.5. The summed E-state index contributed by atoms with van der Waals surface area (Å²) in [7, 11) is 0. The van der Waals surface area contributed by atoms with Gasteiger partial charge in [0.1, 0.15) is 0 Å². The molecule has 3 aliphatic rings. The molecule has 24 heavy (non-hydrogen) atoms. The summed E-state index contributed by atoms with van der Waals surface area (Å²) in [5, 5.41) is 3.12. The molecule has 2 atom stereocenters. The van der Waals surface area contributed by atoms with Crippen LogP contribution < -0.4 is 0 Å². The average Bonchev–Trinajstić information content (AvgIpc) is 3.34. The van der Waals surface area contributed by atoms with Gasteiger partial charge in [0, 0.05) is 31.4 Å². The van der Waals surface area contributed by atoms with Crippen LogP contribution in [0.5, 0.6) is 0 Å². The zero-order valence-corrected chi connectivity index (χ0v) is 15.0. The van der Waals surface area contributed by atoms with E-state index in [2.05, 4.69) is 4.98 Å². The Labute approximate surface area is 146 Å². The summed E-state index contributed by atoms with van der Waals surface area (Å²) in [6.45, 7) is 6.49. The van der Waals surface area contributed by atoms with Gasteiger partial charge in [0.05, 0.1) is 42.2 Å². The van der Waals surface area contributed by atoms with Crippen molar-refractivity contribution in [1.82, 2.24) is 14.8 Å². The Bertz CT molecular complexity index is 602. The van der Waals surface area contributed by atoms with Crippen LogP contribution in [0.25, 0.3) is 0 Å². The number of nitrogens with zero attached hydrogens (tertiary/aromatic N) is 3. The van der Waals surface area contributed by atoms with E-state index in [4.69, 9.17) is 9.47 Å². The number of aryl methyl sites for hydroxylation is 1. The third-order valence-electron chi connectivity index (χ3n) is 5.27. The highest BCUT2D eigenvalue weighted by atomic mass is 32.1. The number of aromatic nitrogens is 1. The fraction of sp³-hybridized carbons (Fsp3) is 0.765. The zero-order chi connectivity index (χ0) is 16.6. The van der Waals surface area contributed by atoms with Gasteiger partial charge in [0.25, 0.3) is 0 Å². The lowest BCUT2D eigenvalue weighted by molar-refractivity contribution is 0.000605. The zero-order valence-electron chi connectivity index (χ0n) is 14.2. The fourth-order valence-corrected chi connectivity index (χ4v) is 4.59. The van der Waals surface area contributed by atoms with E-state index in [0.29, 0.717) is 19.8 Å². The lowest BCUT2D eigenvalue weighted by Gasteiger charge is -2.26. The molecule has 1 aromatic heterocycles. The highest BCUT2D eigenvalue weighted by Crippen LogP contribution is 2.37. The van der Waals surface area contributed by atoms with Crippen LogP contribution in [-0.2, 0) is 16.1 Å². The van der Waals surface area contributed by atoms with Crippen LogP contribution in [-0.4, -0.2) is 65.3 Å². The molecular weight excluding hydrogens is 326 g/mol. The summed E-state index contributed by atoms with van der Waals surface area (Å²) in [6, 6.07) is 0.190. The summed E-state index contributed by atoms with van der Waals surface area (Å²) in [5.41, 5.74) is 0.800. The second kappa shape index (κ2) is 6.61. The van der Waals surface area contributed by atoms with Crippen molar-refractivity contribution in [2.24, 2.45) is 0 Å². The minimum Gasteiger partial charge on any atom is -0.370 e. The minimum absolute atomic E-state index is 0.105. The Morgan fingerprint density at radius 2 is 2.25 bits per heavy atom. The predicted octanol–water partition coefficient (Wildman–Crippen LogP) is 2.42. The molecule has 4 rings (SSSR count). The largest absolute Gasteiger partial charge is 0.370 e. The molecule has 1 aromatic rings. The molecule has 0 N–H and O–H groups in total. The van der Waals surface area contributed by atoms with Crippen molar-refractivity contribution < 1.29 is 14.3 Å². The lowest BCUT2D eigenvalue weighted by Crippen LogP contribution is -2.43. The number of hydrogen-bond acceptors (Lipinski definition) is 5. The highest BCUT2D eigenvalue weighted by molar-refractivity contribution is 7.09. The third-order valence-corrected chi connectivity index (χ3v) is 6.09. The summed E-state index contributed by atoms with van der Waals surface area (Å²) >= 11 is 1.65. The summed E-state index contributed by atoms with van der Waals surface area (Å²) in [4.78, 5) is 20.9. The SMILES string of the molecule is Cc1nc(CO[C@H]2CO[C@]3(CCN(C(=O)N4CCCC4)C3)C2)cs1. The second-order valence-corrected chi connectivity index (χ2v) is 8.20. The molecule has 0 bridgehead atoms. The maximum Gasteiger partial charge on any atom is 0.320 e. The molecule has 4 heterocycles. The lowest BCUT2D eigenvalue weighted by atomic mass is 9.98. The molecule has 7 heteroatoms. The van der Waals surface area contributed by atoms with Gasteiger partial charge < -0.3 is 19.3 Å². The molecule has 0 radical (unpaired) electrons. The van der Waals surface area contributed by atoms with E-state index < -0.39 is 0 Å². The number of likely N-dealkylation sites (tertiary alicyclic amines) is 2.